The number of fused-ring (bicyclic) bond motifs is 1. The highest BCUT2D eigenvalue weighted by atomic mass is 19.4. The molecule has 4 aliphatic rings. The number of aromatic nitrogens is 2. The summed E-state index contributed by atoms with van der Waals surface area (Å²) in [6, 6.07) is 2.66. The maximum atomic E-state index is 14.0. The average Bonchev–Trinajstić information content (AvgIpc) is 3.82. The molecule has 2 atom stereocenters. The Morgan fingerprint density at radius 2 is 1.76 bits per heavy atom. The number of carbonyl (C=O) groups is 3. The van der Waals surface area contributed by atoms with Crippen molar-refractivity contribution < 1.29 is 37.4 Å². The van der Waals surface area contributed by atoms with Gasteiger partial charge in [0.1, 0.15) is 11.9 Å². The smallest absolute Gasteiger partial charge is 0.416 e. The number of hydrogen-bond acceptors (Lipinski definition) is 5. The van der Waals surface area contributed by atoms with Crippen molar-refractivity contribution in [2.45, 2.75) is 68.7 Å². The zero-order valence-electron chi connectivity index (χ0n) is 20.4. The first-order valence-corrected chi connectivity index (χ1v) is 12.9. The lowest BCUT2D eigenvalue weighted by molar-refractivity contribution is -0.137. The largest absolute Gasteiger partial charge is 0.476 e. The van der Waals surface area contributed by atoms with Crippen LogP contribution in [0.1, 0.15) is 82.5 Å². The van der Waals surface area contributed by atoms with Gasteiger partial charge in [0.25, 0.3) is 11.8 Å². The Bertz CT molecular complexity index is 1290. The Morgan fingerprint density at radius 3 is 2.37 bits per heavy atom. The maximum absolute atomic E-state index is 14.0. The molecule has 38 heavy (non-hydrogen) atoms. The molecule has 2 amide bonds. The van der Waals surface area contributed by atoms with Gasteiger partial charge in [0.15, 0.2) is 5.69 Å². The molecule has 2 N–H and O–H groups in total. The molecule has 2 aliphatic carbocycles. The normalized spacial score (nSPS) is 24.3. The van der Waals surface area contributed by atoms with Crippen LogP contribution in [0.4, 0.5) is 19.0 Å². The summed E-state index contributed by atoms with van der Waals surface area (Å²) >= 11 is 0. The lowest BCUT2D eigenvalue weighted by Crippen LogP contribution is -2.56. The van der Waals surface area contributed by atoms with E-state index < -0.39 is 35.6 Å². The third kappa shape index (κ3) is 4.34. The van der Waals surface area contributed by atoms with Crippen molar-refractivity contribution in [1.29, 1.82) is 0 Å². The minimum Gasteiger partial charge on any atom is -0.476 e. The summed E-state index contributed by atoms with van der Waals surface area (Å²) in [6.07, 6.45) is -0.409. The van der Waals surface area contributed by atoms with Gasteiger partial charge in [0.05, 0.1) is 11.6 Å². The Labute approximate surface area is 215 Å². The lowest BCUT2D eigenvalue weighted by atomic mass is 9.82. The lowest BCUT2D eigenvalue weighted by Gasteiger charge is -2.40. The van der Waals surface area contributed by atoms with Gasteiger partial charge in [0, 0.05) is 36.3 Å². The van der Waals surface area contributed by atoms with Crippen molar-refractivity contribution >= 4 is 23.6 Å². The maximum Gasteiger partial charge on any atom is 0.416 e. The number of anilines is 1. The van der Waals surface area contributed by atoms with Crippen molar-refractivity contribution in [1.82, 2.24) is 15.1 Å². The van der Waals surface area contributed by atoms with E-state index in [0.717, 1.165) is 43.9 Å². The molecular formula is C26H27F3N4O5. The number of benzene rings is 1. The number of carboxylic acid groups (broad SMARTS) is 1. The molecule has 202 valence electrons. The van der Waals surface area contributed by atoms with Crippen LogP contribution in [0, 0.1) is 5.92 Å². The van der Waals surface area contributed by atoms with E-state index in [4.69, 9.17) is 4.74 Å². The van der Waals surface area contributed by atoms with Gasteiger partial charge in [-0.1, -0.05) is 6.07 Å². The molecule has 0 radical (unpaired) electrons. The molecule has 1 saturated heterocycles. The standard InChI is InChI=1S/C26H27F3N4O5/c27-26(28,29)15-3-1-2-14(12-15)22(34)30-20-18(13-4-5-13)19-21(25(36)37)31-33(17-8-10-38-11-9-17)23(19)32(24(20)35)16-6-7-16/h1-3,12-13,16-18,20H,4-11H2,(H,30,34)(H,36,37)/t18-,20-/m1/s1. The predicted octanol–water partition coefficient (Wildman–Crippen LogP) is 3.75. The van der Waals surface area contributed by atoms with E-state index >= 15 is 0 Å². The number of amides is 2. The number of hydrogen-bond donors (Lipinski definition) is 2. The minimum absolute atomic E-state index is 0.0451. The molecule has 12 heteroatoms. The van der Waals surface area contributed by atoms with E-state index in [1.54, 1.807) is 9.58 Å². The summed E-state index contributed by atoms with van der Waals surface area (Å²) in [5.74, 6) is -2.59. The zero-order chi connectivity index (χ0) is 26.8. The molecule has 0 spiro atoms. The van der Waals surface area contributed by atoms with Crippen molar-refractivity contribution in [3.05, 3.63) is 46.6 Å². The zero-order valence-corrected chi connectivity index (χ0v) is 20.4. The van der Waals surface area contributed by atoms with Crippen molar-refractivity contribution in [3.63, 3.8) is 0 Å². The van der Waals surface area contributed by atoms with Crippen molar-refractivity contribution in [2.75, 3.05) is 18.1 Å². The highest BCUT2D eigenvalue weighted by Crippen LogP contribution is 2.53. The van der Waals surface area contributed by atoms with Crippen LogP contribution in [-0.4, -0.2) is 58.0 Å². The molecule has 1 aromatic heterocycles. The number of rotatable bonds is 6. The average molecular weight is 533 g/mol. The SMILES string of the molecule is O=C(N[C@H]1C(=O)N(C2CC2)c2c(c(C(=O)O)nn2C2CCOCC2)[C@H]1C1CC1)c1cccc(C(F)(F)F)c1. The van der Waals surface area contributed by atoms with E-state index in [-0.39, 0.29) is 35.2 Å². The molecule has 9 nitrogen and oxygen atoms in total. The molecule has 6 rings (SSSR count). The highest BCUT2D eigenvalue weighted by molar-refractivity contribution is 6.07. The van der Waals surface area contributed by atoms with Gasteiger partial charge in [-0.3, -0.25) is 14.5 Å². The van der Waals surface area contributed by atoms with Crippen molar-refractivity contribution in [2.24, 2.45) is 5.92 Å². The summed E-state index contributed by atoms with van der Waals surface area (Å²) in [6.45, 7) is 1.00. The van der Waals surface area contributed by atoms with Gasteiger partial charge >= 0.3 is 12.1 Å². The van der Waals surface area contributed by atoms with Crippen LogP contribution in [0.3, 0.4) is 0 Å². The fraction of sp³-hybridized carbons (Fsp3) is 0.538. The third-order valence-corrected chi connectivity index (χ3v) is 7.86. The van der Waals surface area contributed by atoms with Crippen LogP contribution < -0.4 is 10.2 Å². The molecule has 3 fully saturated rings. The van der Waals surface area contributed by atoms with Gasteiger partial charge in [-0.25, -0.2) is 9.48 Å². The third-order valence-electron chi connectivity index (χ3n) is 7.86. The van der Waals surface area contributed by atoms with Gasteiger partial charge < -0.3 is 15.2 Å². The fourth-order valence-corrected chi connectivity index (χ4v) is 5.76. The molecular weight excluding hydrogens is 505 g/mol. The molecule has 3 heterocycles. The predicted molar refractivity (Wildman–Crippen MR) is 127 cm³/mol. The summed E-state index contributed by atoms with van der Waals surface area (Å²) in [7, 11) is 0. The summed E-state index contributed by atoms with van der Waals surface area (Å²) in [4.78, 5) is 41.2. The first-order chi connectivity index (χ1) is 18.1. The van der Waals surface area contributed by atoms with Crippen LogP contribution >= 0.6 is 0 Å². The number of nitrogens with one attached hydrogen (secondary N) is 1. The van der Waals surface area contributed by atoms with E-state index in [2.05, 4.69) is 10.4 Å². The number of halogens is 3. The number of alkyl halides is 3. The molecule has 2 saturated carbocycles. The Morgan fingerprint density at radius 1 is 1.05 bits per heavy atom. The quantitative estimate of drug-likeness (QED) is 0.586. The van der Waals surface area contributed by atoms with E-state index in [1.807, 2.05) is 0 Å². The summed E-state index contributed by atoms with van der Waals surface area (Å²) < 4.78 is 46.9. The van der Waals surface area contributed by atoms with Crippen LogP contribution in [0.25, 0.3) is 0 Å². The van der Waals surface area contributed by atoms with Gasteiger partial charge in [-0.2, -0.15) is 18.3 Å². The first-order valence-electron chi connectivity index (χ1n) is 12.9. The van der Waals surface area contributed by atoms with E-state index in [0.29, 0.717) is 37.4 Å². The number of carboxylic acids is 1. The number of carbonyl (C=O) groups excluding carboxylic acids is 2. The van der Waals surface area contributed by atoms with E-state index in [1.165, 1.54) is 6.07 Å². The fourth-order valence-electron chi connectivity index (χ4n) is 5.76. The minimum atomic E-state index is -4.62. The Hall–Kier alpha value is -3.41. The van der Waals surface area contributed by atoms with Crippen LogP contribution in [-0.2, 0) is 15.7 Å². The monoisotopic (exact) mass is 532 g/mol. The Balaban J connectivity index is 1.43. The van der Waals surface area contributed by atoms with Gasteiger partial charge in [0.2, 0.25) is 0 Å². The number of ether oxygens (including phenoxy) is 1. The van der Waals surface area contributed by atoms with Gasteiger partial charge in [-0.05, 0) is 62.6 Å². The molecule has 0 bridgehead atoms. The second-order valence-electron chi connectivity index (χ2n) is 10.5. The van der Waals surface area contributed by atoms with Crippen LogP contribution in [0.15, 0.2) is 24.3 Å². The number of nitrogens with zero attached hydrogens (tertiary/aromatic N) is 3. The van der Waals surface area contributed by atoms with Crippen molar-refractivity contribution in [3.8, 4) is 0 Å². The molecule has 1 aromatic carbocycles. The second-order valence-corrected chi connectivity index (χ2v) is 10.5. The van der Waals surface area contributed by atoms with Crippen LogP contribution in [0.2, 0.25) is 0 Å². The molecule has 2 aromatic rings. The number of aromatic carboxylic acids is 1. The second kappa shape index (κ2) is 9.11. The Kier molecular flexibility index (Phi) is 5.97. The molecule has 2 aliphatic heterocycles. The summed E-state index contributed by atoms with van der Waals surface area (Å²) in [5, 5.41) is 17.3. The van der Waals surface area contributed by atoms with E-state index in [9.17, 15) is 32.7 Å². The van der Waals surface area contributed by atoms with Gasteiger partial charge in [-0.15, -0.1) is 0 Å². The van der Waals surface area contributed by atoms with Crippen LogP contribution in [0.5, 0.6) is 0 Å². The topological polar surface area (TPSA) is 114 Å². The summed E-state index contributed by atoms with van der Waals surface area (Å²) in [5.41, 5.74) is -0.888. The first kappa shape index (κ1) is 24.9. The highest BCUT2D eigenvalue weighted by Gasteiger charge is 2.55. The molecule has 0 unspecified atom stereocenters.